The number of rotatable bonds is 8. The van der Waals surface area contributed by atoms with E-state index in [2.05, 4.69) is 254 Å². The standard InChI is InChI=1S/C60H41N/c1-2-11-42(12-3-1)43-23-25-44(26-24-43)45-29-34-54(35-30-45)61(55-36-31-46(32-37-55)51-33-38-60-53(40-51)28-27-48-14-5-7-21-58(48)60)56-19-9-17-50(41-56)49-16-8-18-52(39-49)59-22-10-15-47-13-4-6-20-57(47)59/h1-41H. The van der Waals surface area contributed by atoms with E-state index >= 15 is 0 Å². The minimum atomic E-state index is 1.09. The molecule has 0 saturated heterocycles. The summed E-state index contributed by atoms with van der Waals surface area (Å²) in [5, 5.41) is 7.59. The summed E-state index contributed by atoms with van der Waals surface area (Å²) in [5.74, 6) is 0. The predicted octanol–water partition coefficient (Wildman–Crippen LogP) is 17.0. The van der Waals surface area contributed by atoms with Crippen LogP contribution in [0.4, 0.5) is 17.1 Å². The second kappa shape index (κ2) is 15.6. The third-order valence-corrected chi connectivity index (χ3v) is 12.1. The van der Waals surface area contributed by atoms with Crippen LogP contribution in [0.15, 0.2) is 249 Å². The molecule has 11 rings (SSSR count). The quantitative estimate of drug-likeness (QED) is 0.139. The second-order valence-corrected chi connectivity index (χ2v) is 15.8. The molecule has 0 amide bonds. The Morgan fingerprint density at radius 1 is 0.197 bits per heavy atom. The molecule has 0 aliphatic carbocycles. The van der Waals surface area contributed by atoms with Gasteiger partial charge >= 0.3 is 0 Å². The van der Waals surface area contributed by atoms with Crippen LogP contribution in [-0.2, 0) is 0 Å². The zero-order valence-corrected chi connectivity index (χ0v) is 33.6. The van der Waals surface area contributed by atoms with E-state index in [-0.39, 0.29) is 0 Å². The zero-order valence-electron chi connectivity index (χ0n) is 33.6. The molecule has 11 aromatic carbocycles. The lowest BCUT2D eigenvalue weighted by Gasteiger charge is -2.26. The lowest BCUT2D eigenvalue weighted by atomic mass is 9.95. The summed E-state index contributed by atoms with van der Waals surface area (Å²) in [4.78, 5) is 2.37. The van der Waals surface area contributed by atoms with Gasteiger partial charge in [0.15, 0.2) is 0 Å². The van der Waals surface area contributed by atoms with Gasteiger partial charge in [-0.3, -0.25) is 0 Å². The Bertz CT molecular complexity index is 3320. The van der Waals surface area contributed by atoms with Crippen molar-refractivity contribution >= 4 is 49.4 Å². The van der Waals surface area contributed by atoms with Crippen molar-refractivity contribution in [1.82, 2.24) is 0 Å². The van der Waals surface area contributed by atoms with E-state index in [4.69, 9.17) is 0 Å². The van der Waals surface area contributed by atoms with Gasteiger partial charge in [-0.25, -0.2) is 0 Å². The van der Waals surface area contributed by atoms with Crippen LogP contribution in [0.1, 0.15) is 0 Å². The van der Waals surface area contributed by atoms with Crippen molar-refractivity contribution in [2.45, 2.75) is 0 Å². The molecule has 0 fully saturated rings. The Morgan fingerprint density at radius 3 is 1.33 bits per heavy atom. The Labute approximate surface area is 357 Å². The highest BCUT2D eigenvalue weighted by molar-refractivity contribution is 6.08. The third kappa shape index (κ3) is 7.03. The molecule has 0 aromatic heterocycles. The monoisotopic (exact) mass is 775 g/mol. The molecule has 0 unspecified atom stereocenters. The summed E-state index contributed by atoms with van der Waals surface area (Å²) in [6.45, 7) is 0. The molecule has 0 heterocycles. The topological polar surface area (TPSA) is 3.24 Å². The van der Waals surface area contributed by atoms with Crippen molar-refractivity contribution in [3.8, 4) is 55.6 Å². The smallest absolute Gasteiger partial charge is 0.0467 e. The van der Waals surface area contributed by atoms with Crippen LogP contribution in [0, 0.1) is 0 Å². The first-order chi connectivity index (χ1) is 30.2. The van der Waals surface area contributed by atoms with Gasteiger partial charge < -0.3 is 4.90 Å². The number of anilines is 3. The lowest BCUT2D eigenvalue weighted by Crippen LogP contribution is -2.10. The number of benzene rings is 11. The van der Waals surface area contributed by atoms with E-state index in [0.717, 1.165) is 17.1 Å². The largest absolute Gasteiger partial charge is 0.310 e. The first-order valence-electron chi connectivity index (χ1n) is 21.0. The SMILES string of the molecule is c1ccc(-c2ccc(-c3ccc(N(c4ccc(-c5ccc6c(ccc7ccccc76)c5)cc4)c4cccc(-c5cccc(-c6cccc7ccccc67)c5)c4)cc3)cc2)cc1. The van der Waals surface area contributed by atoms with Crippen LogP contribution < -0.4 is 4.90 Å². The van der Waals surface area contributed by atoms with Crippen molar-refractivity contribution in [3.63, 3.8) is 0 Å². The molecule has 0 radical (unpaired) electrons. The van der Waals surface area contributed by atoms with E-state index in [0.29, 0.717) is 0 Å². The van der Waals surface area contributed by atoms with Gasteiger partial charge in [-0.1, -0.05) is 200 Å². The fourth-order valence-corrected chi connectivity index (χ4v) is 8.90. The molecular formula is C60H41N. The van der Waals surface area contributed by atoms with Crippen LogP contribution in [0.2, 0.25) is 0 Å². The van der Waals surface area contributed by atoms with Gasteiger partial charge in [-0.05, 0) is 136 Å². The summed E-state index contributed by atoms with van der Waals surface area (Å²) < 4.78 is 0. The van der Waals surface area contributed by atoms with Gasteiger partial charge in [0.05, 0.1) is 0 Å². The second-order valence-electron chi connectivity index (χ2n) is 15.8. The summed E-state index contributed by atoms with van der Waals surface area (Å²) >= 11 is 0. The molecular weight excluding hydrogens is 735 g/mol. The van der Waals surface area contributed by atoms with Crippen molar-refractivity contribution in [3.05, 3.63) is 249 Å². The van der Waals surface area contributed by atoms with Gasteiger partial charge in [0.25, 0.3) is 0 Å². The maximum atomic E-state index is 2.37. The van der Waals surface area contributed by atoms with Crippen molar-refractivity contribution < 1.29 is 0 Å². The molecule has 0 N–H and O–H groups in total. The minimum absolute atomic E-state index is 1.09. The molecule has 0 bridgehead atoms. The first-order valence-corrected chi connectivity index (χ1v) is 21.0. The van der Waals surface area contributed by atoms with Gasteiger partial charge in [-0.15, -0.1) is 0 Å². The predicted molar refractivity (Wildman–Crippen MR) is 261 cm³/mol. The average molecular weight is 776 g/mol. The summed E-state index contributed by atoms with van der Waals surface area (Å²) in [7, 11) is 0. The third-order valence-electron chi connectivity index (χ3n) is 12.1. The number of nitrogens with zero attached hydrogens (tertiary/aromatic N) is 1. The average Bonchev–Trinajstić information content (AvgIpc) is 3.34. The fourth-order valence-electron chi connectivity index (χ4n) is 8.90. The Kier molecular flexibility index (Phi) is 9.26. The van der Waals surface area contributed by atoms with E-state index < -0.39 is 0 Å². The van der Waals surface area contributed by atoms with E-state index in [9.17, 15) is 0 Å². The van der Waals surface area contributed by atoms with Gasteiger partial charge in [0.1, 0.15) is 0 Å². The lowest BCUT2D eigenvalue weighted by molar-refractivity contribution is 1.28. The Balaban J connectivity index is 0.963. The summed E-state index contributed by atoms with van der Waals surface area (Å²) in [5.41, 5.74) is 15.3. The number of hydrogen-bond acceptors (Lipinski definition) is 1. The molecule has 61 heavy (non-hydrogen) atoms. The first kappa shape index (κ1) is 36.1. The molecule has 0 saturated carbocycles. The molecule has 286 valence electrons. The molecule has 1 nitrogen and oxygen atoms in total. The van der Waals surface area contributed by atoms with Gasteiger partial charge in [0, 0.05) is 17.1 Å². The fraction of sp³-hybridized carbons (Fsp3) is 0. The van der Waals surface area contributed by atoms with Crippen LogP contribution >= 0.6 is 0 Å². The molecule has 11 aromatic rings. The maximum Gasteiger partial charge on any atom is 0.0467 e. The van der Waals surface area contributed by atoms with E-state index in [1.807, 2.05) is 0 Å². The Morgan fingerprint density at radius 2 is 0.623 bits per heavy atom. The van der Waals surface area contributed by atoms with E-state index in [1.54, 1.807) is 0 Å². The molecule has 1 heteroatoms. The van der Waals surface area contributed by atoms with Crippen LogP contribution in [-0.4, -0.2) is 0 Å². The maximum absolute atomic E-state index is 2.37. The highest BCUT2D eigenvalue weighted by Crippen LogP contribution is 2.40. The number of hydrogen-bond donors (Lipinski definition) is 0. The number of fused-ring (bicyclic) bond motifs is 4. The molecule has 0 spiro atoms. The van der Waals surface area contributed by atoms with Gasteiger partial charge in [-0.2, -0.15) is 0 Å². The van der Waals surface area contributed by atoms with Crippen LogP contribution in [0.5, 0.6) is 0 Å². The van der Waals surface area contributed by atoms with Gasteiger partial charge in [0.2, 0.25) is 0 Å². The Hall–Kier alpha value is -8.00. The summed E-state index contributed by atoms with van der Waals surface area (Å²) in [6.07, 6.45) is 0. The minimum Gasteiger partial charge on any atom is -0.310 e. The van der Waals surface area contributed by atoms with E-state index in [1.165, 1.54) is 88.0 Å². The zero-order chi connectivity index (χ0) is 40.5. The summed E-state index contributed by atoms with van der Waals surface area (Å²) in [6, 6.07) is 90.4. The normalized spacial score (nSPS) is 11.3. The van der Waals surface area contributed by atoms with Crippen molar-refractivity contribution in [2.75, 3.05) is 4.90 Å². The molecule has 0 atom stereocenters. The highest BCUT2D eigenvalue weighted by atomic mass is 15.1. The highest BCUT2D eigenvalue weighted by Gasteiger charge is 2.16. The van der Waals surface area contributed by atoms with Crippen molar-refractivity contribution in [1.29, 1.82) is 0 Å². The molecule has 0 aliphatic heterocycles. The van der Waals surface area contributed by atoms with Crippen LogP contribution in [0.25, 0.3) is 88.0 Å². The molecule has 0 aliphatic rings. The van der Waals surface area contributed by atoms with Crippen LogP contribution in [0.3, 0.4) is 0 Å². The van der Waals surface area contributed by atoms with Crippen molar-refractivity contribution in [2.24, 2.45) is 0 Å².